The first kappa shape index (κ1) is 23.6. The van der Waals surface area contributed by atoms with E-state index in [9.17, 15) is 0 Å². The van der Waals surface area contributed by atoms with Crippen LogP contribution in [-0.4, -0.2) is 47.0 Å². The molecular formula is C21H33IN6O. The lowest BCUT2D eigenvalue weighted by atomic mass is 9.89. The maximum absolute atomic E-state index is 6.10. The van der Waals surface area contributed by atoms with E-state index in [2.05, 4.69) is 63.5 Å². The highest BCUT2D eigenvalue weighted by molar-refractivity contribution is 14.0. The van der Waals surface area contributed by atoms with Crippen molar-refractivity contribution in [2.75, 3.05) is 26.2 Å². The molecule has 0 spiro atoms. The molecule has 2 atom stereocenters. The molecule has 1 fully saturated rings. The molecule has 7 nitrogen and oxygen atoms in total. The Morgan fingerprint density at radius 1 is 1.24 bits per heavy atom. The standard InChI is InChI=1S/C21H32N6O.HI/c1-3-19-26-25-16-27(19)13-12-23-21(22-4-2)24-15-18-11-8-14-28-20(18)17-9-6-5-7-10-17;/h5-7,9-10,16,18,20H,3-4,8,11-15H2,1-2H3,(H2,22,23,24);1H. The first-order chi connectivity index (χ1) is 13.8. The second-order valence-corrected chi connectivity index (χ2v) is 7.04. The number of aromatic nitrogens is 3. The molecule has 29 heavy (non-hydrogen) atoms. The molecule has 0 bridgehead atoms. The largest absolute Gasteiger partial charge is 0.373 e. The smallest absolute Gasteiger partial charge is 0.191 e. The average molecular weight is 512 g/mol. The predicted octanol–water partition coefficient (Wildman–Crippen LogP) is 3.18. The first-order valence-electron chi connectivity index (χ1n) is 10.4. The van der Waals surface area contributed by atoms with Gasteiger partial charge >= 0.3 is 0 Å². The van der Waals surface area contributed by atoms with Gasteiger partial charge in [0.15, 0.2) is 5.96 Å². The van der Waals surface area contributed by atoms with Gasteiger partial charge in [-0.15, -0.1) is 34.2 Å². The van der Waals surface area contributed by atoms with Crippen LogP contribution in [0.3, 0.4) is 0 Å². The minimum Gasteiger partial charge on any atom is -0.373 e. The summed E-state index contributed by atoms with van der Waals surface area (Å²) in [6, 6.07) is 10.5. The number of nitrogens with one attached hydrogen (secondary N) is 2. The summed E-state index contributed by atoms with van der Waals surface area (Å²) in [5.41, 5.74) is 1.25. The van der Waals surface area contributed by atoms with Crippen LogP contribution in [0.15, 0.2) is 41.7 Å². The number of ether oxygens (including phenoxy) is 1. The zero-order valence-electron chi connectivity index (χ0n) is 17.4. The summed E-state index contributed by atoms with van der Waals surface area (Å²) in [5, 5.41) is 14.9. The Morgan fingerprint density at radius 2 is 2.07 bits per heavy atom. The number of guanidine groups is 1. The van der Waals surface area contributed by atoms with Crippen LogP contribution >= 0.6 is 24.0 Å². The summed E-state index contributed by atoms with van der Waals surface area (Å²) >= 11 is 0. The number of halogens is 1. The molecule has 1 aromatic heterocycles. The molecule has 0 radical (unpaired) electrons. The maximum atomic E-state index is 6.10. The van der Waals surface area contributed by atoms with Gasteiger partial charge in [0, 0.05) is 45.1 Å². The highest BCUT2D eigenvalue weighted by Crippen LogP contribution is 2.33. The van der Waals surface area contributed by atoms with E-state index in [1.54, 1.807) is 6.33 Å². The molecule has 2 heterocycles. The number of aryl methyl sites for hydroxylation is 1. The third kappa shape index (κ3) is 6.95. The van der Waals surface area contributed by atoms with Crippen LogP contribution in [0.5, 0.6) is 0 Å². The lowest BCUT2D eigenvalue weighted by Gasteiger charge is -2.31. The molecule has 2 aromatic rings. The van der Waals surface area contributed by atoms with Gasteiger partial charge in [0.1, 0.15) is 12.2 Å². The van der Waals surface area contributed by atoms with Crippen molar-refractivity contribution >= 4 is 29.9 Å². The van der Waals surface area contributed by atoms with Gasteiger partial charge in [-0.3, -0.25) is 4.99 Å². The van der Waals surface area contributed by atoms with Crippen LogP contribution in [0.4, 0.5) is 0 Å². The molecule has 1 aliphatic rings. The lowest BCUT2D eigenvalue weighted by Crippen LogP contribution is -2.39. The summed E-state index contributed by atoms with van der Waals surface area (Å²) in [7, 11) is 0. The van der Waals surface area contributed by atoms with Gasteiger partial charge in [-0.25, -0.2) is 0 Å². The topological polar surface area (TPSA) is 76.4 Å². The van der Waals surface area contributed by atoms with E-state index < -0.39 is 0 Å². The van der Waals surface area contributed by atoms with Gasteiger partial charge in [0.05, 0.1) is 6.10 Å². The Bertz CT molecular complexity index is 736. The quantitative estimate of drug-likeness (QED) is 0.323. The van der Waals surface area contributed by atoms with Crippen LogP contribution in [-0.2, 0) is 17.7 Å². The van der Waals surface area contributed by atoms with Crippen molar-refractivity contribution in [1.29, 1.82) is 0 Å². The summed E-state index contributed by atoms with van der Waals surface area (Å²) in [6.07, 6.45) is 5.04. The van der Waals surface area contributed by atoms with Crippen molar-refractivity contribution in [1.82, 2.24) is 25.4 Å². The molecular weight excluding hydrogens is 479 g/mol. The Labute approximate surface area is 190 Å². The van der Waals surface area contributed by atoms with Crippen LogP contribution < -0.4 is 10.6 Å². The second-order valence-electron chi connectivity index (χ2n) is 7.04. The monoisotopic (exact) mass is 512 g/mol. The predicted molar refractivity (Wildman–Crippen MR) is 127 cm³/mol. The van der Waals surface area contributed by atoms with Crippen LogP contribution in [0, 0.1) is 5.92 Å². The number of rotatable bonds is 8. The van der Waals surface area contributed by atoms with Gasteiger partial charge in [-0.05, 0) is 25.3 Å². The Kier molecular flexibility index (Phi) is 10.4. The molecule has 0 aliphatic carbocycles. The fraction of sp³-hybridized carbons (Fsp3) is 0.571. The van der Waals surface area contributed by atoms with E-state index in [1.165, 1.54) is 5.56 Å². The summed E-state index contributed by atoms with van der Waals surface area (Å²) in [5.74, 6) is 2.26. The van der Waals surface area contributed by atoms with Gasteiger partial charge in [-0.1, -0.05) is 37.3 Å². The lowest BCUT2D eigenvalue weighted by molar-refractivity contribution is -0.0250. The fourth-order valence-electron chi connectivity index (χ4n) is 3.63. The fourth-order valence-corrected chi connectivity index (χ4v) is 3.63. The molecule has 1 aromatic carbocycles. The summed E-state index contributed by atoms with van der Waals surface area (Å²) in [4.78, 5) is 4.85. The molecule has 3 rings (SSSR count). The third-order valence-corrected chi connectivity index (χ3v) is 5.06. The molecule has 1 saturated heterocycles. The second kappa shape index (κ2) is 12.8. The van der Waals surface area contributed by atoms with Crippen molar-refractivity contribution in [3.05, 3.63) is 48.0 Å². The van der Waals surface area contributed by atoms with E-state index in [0.717, 1.165) is 63.8 Å². The van der Waals surface area contributed by atoms with Gasteiger partial charge in [-0.2, -0.15) is 0 Å². The number of benzene rings is 1. The molecule has 1 aliphatic heterocycles. The number of aliphatic imine (C=N–C) groups is 1. The molecule has 160 valence electrons. The van der Waals surface area contributed by atoms with Gasteiger partial charge in [0.25, 0.3) is 0 Å². The Hall–Kier alpha value is -1.68. The SMILES string of the molecule is CCNC(=NCC1CCCOC1c1ccccc1)NCCn1cnnc1CC.I. The van der Waals surface area contributed by atoms with Crippen molar-refractivity contribution in [2.24, 2.45) is 10.9 Å². The minimum absolute atomic E-state index is 0. The maximum Gasteiger partial charge on any atom is 0.191 e. The van der Waals surface area contributed by atoms with Crippen molar-refractivity contribution in [3.63, 3.8) is 0 Å². The van der Waals surface area contributed by atoms with Gasteiger partial charge < -0.3 is 19.9 Å². The third-order valence-electron chi connectivity index (χ3n) is 5.06. The average Bonchev–Trinajstić information content (AvgIpc) is 3.20. The molecule has 8 heteroatoms. The number of hydrogen-bond donors (Lipinski definition) is 2. The van der Waals surface area contributed by atoms with E-state index in [1.807, 2.05) is 6.07 Å². The molecule has 0 amide bonds. The van der Waals surface area contributed by atoms with Crippen LogP contribution in [0.2, 0.25) is 0 Å². The summed E-state index contributed by atoms with van der Waals surface area (Å²) < 4.78 is 8.18. The molecule has 2 unspecified atom stereocenters. The Morgan fingerprint density at radius 3 is 2.83 bits per heavy atom. The highest BCUT2D eigenvalue weighted by atomic mass is 127. The van der Waals surface area contributed by atoms with Gasteiger partial charge in [0.2, 0.25) is 0 Å². The zero-order chi connectivity index (χ0) is 19.6. The number of hydrogen-bond acceptors (Lipinski definition) is 4. The van der Waals surface area contributed by atoms with Crippen LogP contribution in [0.25, 0.3) is 0 Å². The normalized spacial score (nSPS) is 19.4. The van der Waals surface area contributed by atoms with E-state index in [0.29, 0.717) is 5.92 Å². The molecule has 2 N–H and O–H groups in total. The minimum atomic E-state index is 0. The first-order valence-corrected chi connectivity index (χ1v) is 10.4. The zero-order valence-corrected chi connectivity index (χ0v) is 19.7. The van der Waals surface area contributed by atoms with E-state index in [-0.39, 0.29) is 30.1 Å². The Balaban J connectivity index is 0.00000300. The summed E-state index contributed by atoms with van der Waals surface area (Å²) in [6.45, 7) is 8.19. The van der Waals surface area contributed by atoms with E-state index in [4.69, 9.17) is 9.73 Å². The van der Waals surface area contributed by atoms with Crippen molar-refractivity contribution in [3.8, 4) is 0 Å². The van der Waals surface area contributed by atoms with E-state index >= 15 is 0 Å². The van der Waals surface area contributed by atoms with Crippen molar-refractivity contribution < 1.29 is 4.74 Å². The highest BCUT2D eigenvalue weighted by Gasteiger charge is 2.27. The number of nitrogens with zero attached hydrogens (tertiary/aromatic N) is 4. The van der Waals surface area contributed by atoms with Crippen LogP contribution in [0.1, 0.15) is 44.2 Å². The molecule has 0 saturated carbocycles. The van der Waals surface area contributed by atoms with Crippen molar-refractivity contribution in [2.45, 2.75) is 45.8 Å².